The van der Waals surface area contributed by atoms with Gasteiger partial charge in [-0.2, -0.15) is 5.10 Å². The standard InChI is InChI=1S/C15H24ClN3O2/c1-3-5-7-19-15(20)14(16)12(10-18-19)17-9-11-6-8-21-13(11)4-2/h10-11,13,17H,3-9H2,1-2H3. The number of ether oxygens (including phenoxy) is 1. The molecular formula is C15H24ClN3O2. The zero-order chi connectivity index (χ0) is 15.2. The molecule has 2 heterocycles. The Morgan fingerprint density at radius 3 is 3.05 bits per heavy atom. The molecule has 0 saturated carbocycles. The Morgan fingerprint density at radius 2 is 2.33 bits per heavy atom. The molecule has 2 atom stereocenters. The van der Waals surface area contributed by atoms with Crippen LogP contribution in [0.4, 0.5) is 5.69 Å². The number of rotatable bonds is 7. The Balaban J connectivity index is 2.00. The van der Waals surface area contributed by atoms with E-state index in [1.807, 2.05) is 0 Å². The lowest BCUT2D eigenvalue weighted by molar-refractivity contribution is 0.0900. The quantitative estimate of drug-likeness (QED) is 0.841. The normalized spacial score (nSPS) is 21.7. The average Bonchev–Trinajstić information content (AvgIpc) is 2.95. The van der Waals surface area contributed by atoms with E-state index in [0.29, 0.717) is 24.3 Å². The molecule has 1 aromatic heterocycles. The van der Waals surface area contributed by atoms with E-state index in [4.69, 9.17) is 16.3 Å². The molecule has 21 heavy (non-hydrogen) atoms. The fraction of sp³-hybridized carbons (Fsp3) is 0.733. The summed E-state index contributed by atoms with van der Waals surface area (Å²) in [5, 5.41) is 7.67. The molecule has 1 aliphatic heterocycles. The van der Waals surface area contributed by atoms with Gasteiger partial charge in [0.25, 0.3) is 5.56 Å². The van der Waals surface area contributed by atoms with Gasteiger partial charge in [0.2, 0.25) is 0 Å². The number of nitrogens with one attached hydrogen (secondary N) is 1. The van der Waals surface area contributed by atoms with Gasteiger partial charge in [-0.05, 0) is 19.3 Å². The fourth-order valence-corrected chi connectivity index (χ4v) is 2.89. The Bertz CT molecular complexity index is 518. The van der Waals surface area contributed by atoms with Gasteiger partial charge in [0.15, 0.2) is 0 Å². The maximum absolute atomic E-state index is 12.1. The van der Waals surface area contributed by atoms with E-state index in [-0.39, 0.29) is 10.6 Å². The van der Waals surface area contributed by atoms with Gasteiger partial charge < -0.3 is 10.1 Å². The predicted molar refractivity (Wildman–Crippen MR) is 85.0 cm³/mol. The van der Waals surface area contributed by atoms with E-state index in [0.717, 1.165) is 38.8 Å². The molecular weight excluding hydrogens is 290 g/mol. The van der Waals surface area contributed by atoms with Crippen LogP contribution in [0.3, 0.4) is 0 Å². The van der Waals surface area contributed by atoms with Crippen LogP contribution in [0.1, 0.15) is 39.5 Å². The van der Waals surface area contributed by atoms with Gasteiger partial charge in [-0.3, -0.25) is 4.79 Å². The van der Waals surface area contributed by atoms with Crippen molar-refractivity contribution in [1.29, 1.82) is 0 Å². The summed E-state index contributed by atoms with van der Waals surface area (Å²) in [6.07, 6.45) is 5.95. The smallest absolute Gasteiger partial charge is 0.287 e. The highest BCUT2D eigenvalue weighted by Gasteiger charge is 2.26. The van der Waals surface area contributed by atoms with Crippen molar-refractivity contribution in [3.05, 3.63) is 21.6 Å². The molecule has 2 rings (SSSR count). The van der Waals surface area contributed by atoms with Crippen LogP contribution in [0.15, 0.2) is 11.0 Å². The summed E-state index contributed by atoms with van der Waals surface area (Å²) < 4.78 is 7.10. The van der Waals surface area contributed by atoms with E-state index in [2.05, 4.69) is 24.3 Å². The average molecular weight is 314 g/mol. The number of hydrogen-bond acceptors (Lipinski definition) is 4. The first kappa shape index (κ1) is 16.3. The second-order valence-corrected chi connectivity index (χ2v) is 5.88. The van der Waals surface area contributed by atoms with Crippen molar-refractivity contribution < 1.29 is 4.74 Å². The van der Waals surface area contributed by atoms with Gasteiger partial charge >= 0.3 is 0 Å². The highest BCUT2D eigenvalue weighted by Crippen LogP contribution is 2.24. The molecule has 0 aromatic carbocycles. The van der Waals surface area contributed by atoms with Crippen LogP contribution in [0.25, 0.3) is 0 Å². The fourth-order valence-electron chi connectivity index (χ4n) is 2.67. The largest absolute Gasteiger partial charge is 0.382 e. The van der Waals surface area contributed by atoms with Gasteiger partial charge in [0.05, 0.1) is 18.0 Å². The number of aromatic nitrogens is 2. The van der Waals surface area contributed by atoms with Gasteiger partial charge in [-0.25, -0.2) is 4.68 Å². The molecule has 1 aromatic rings. The van der Waals surface area contributed by atoms with Crippen molar-refractivity contribution in [2.24, 2.45) is 5.92 Å². The van der Waals surface area contributed by atoms with Crippen LogP contribution in [0, 0.1) is 5.92 Å². The maximum atomic E-state index is 12.1. The van der Waals surface area contributed by atoms with Crippen LogP contribution in [0.2, 0.25) is 5.02 Å². The van der Waals surface area contributed by atoms with E-state index < -0.39 is 0 Å². The van der Waals surface area contributed by atoms with Crippen molar-refractivity contribution in [3.8, 4) is 0 Å². The highest BCUT2D eigenvalue weighted by molar-refractivity contribution is 6.32. The van der Waals surface area contributed by atoms with Crippen LogP contribution in [-0.2, 0) is 11.3 Å². The summed E-state index contributed by atoms with van der Waals surface area (Å²) in [4.78, 5) is 12.1. The molecule has 2 unspecified atom stereocenters. The lowest BCUT2D eigenvalue weighted by atomic mass is 10.00. The summed E-state index contributed by atoms with van der Waals surface area (Å²) in [7, 11) is 0. The summed E-state index contributed by atoms with van der Waals surface area (Å²) >= 11 is 6.17. The first-order valence-corrected chi connectivity index (χ1v) is 8.16. The molecule has 0 amide bonds. The number of aryl methyl sites for hydroxylation is 1. The van der Waals surface area contributed by atoms with Gasteiger partial charge in [0.1, 0.15) is 5.02 Å². The lowest BCUT2D eigenvalue weighted by Crippen LogP contribution is -2.27. The monoisotopic (exact) mass is 313 g/mol. The molecule has 0 radical (unpaired) electrons. The molecule has 118 valence electrons. The van der Waals surface area contributed by atoms with Crippen LogP contribution in [0.5, 0.6) is 0 Å². The molecule has 5 nitrogen and oxygen atoms in total. The van der Waals surface area contributed by atoms with Gasteiger partial charge in [-0.1, -0.05) is 31.9 Å². The van der Waals surface area contributed by atoms with E-state index in [9.17, 15) is 4.79 Å². The lowest BCUT2D eigenvalue weighted by Gasteiger charge is -2.18. The summed E-state index contributed by atoms with van der Waals surface area (Å²) in [6, 6.07) is 0. The summed E-state index contributed by atoms with van der Waals surface area (Å²) in [6.45, 7) is 6.40. The zero-order valence-corrected chi connectivity index (χ0v) is 13.5. The molecule has 1 fully saturated rings. The zero-order valence-electron chi connectivity index (χ0n) is 12.8. The molecule has 1 N–H and O–H groups in total. The third-order valence-electron chi connectivity index (χ3n) is 4.01. The minimum absolute atomic E-state index is 0.218. The molecule has 6 heteroatoms. The van der Waals surface area contributed by atoms with Crippen LogP contribution in [-0.4, -0.2) is 29.0 Å². The molecule has 1 aliphatic rings. The number of halogens is 1. The number of unbranched alkanes of at least 4 members (excludes halogenated alkanes) is 1. The number of hydrogen-bond donors (Lipinski definition) is 1. The third-order valence-corrected chi connectivity index (χ3v) is 4.38. The topological polar surface area (TPSA) is 56.1 Å². The Labute approximate surface area is 130 Å². The second-order valence-electron chi connectivity index (χ2n) is 5.50. The minimum atomic E-state index is -0.218. The SMILES string of the molecule is CCCCn1ncc(NCC2CCOC2CC)c(Cl)c1=O. The number of anilines is 1. The van der Waals surface area contributed by atoms with Crippen LogP contribution < -0.4 is 10.9 Å². The van der Waals surface area contributed by atoms with Crippen LogP contribution >= 0.6 is 11.6 Å². The molecule has 0 aliphatic carbocycles. The van der Waals surface area contributed by atoms with E-state index in [1.54, 1.807) is 6.20 Å². The predicted octanol–water partition coefficient (Wildman–Crippen LogP) is 2.92. The Kier molecular flexibility index (Phi) is 6.06. The van der Waals surface area contributed by atoms with Crippen molar-refractivity contribution in [1.82, 2.24) is 9.78 Å². The summed E-state index contributed by atoms with van der Waals surface area (Å²) in [5.41, 5.74) is 0.404. The van der Waals surface area contributed by atoms with Crippen molar-refractivity contribution in [2.45, 2.75) is 52.2 Å². The third kappa shape index (κ3) is 3.98. The highest BCUT2D eigenvalue weighted by atomic mass is 35.5. The first-order chi connectivity index (χ1) is 10.2. The molecule has 0 bridgehead atoms. The molecule has 0 spiro atoms. The van der Waals surface area contributed by atoms with E-state index in [1.165, 1.54) is 4.68 Å². The van der Waals surface area contributed by atoms with Crippen molar-refractivity contribution in [3.63, 3.8) is 0 Å². The minimum Gasteiger partial charge on any atom is -0.382 e. The van der Waals surface area contributed by atoms with Crippen molar-refractivity contribution in [2.75, 3.05) is 18.5 Å². The summed E-state index contributed by atoms with van der Waals surface area (Å²) in [5.74, 6) is 0.466. The second kappa shape index (κ2) is 7.80. The van der Waals surface area contributed by atoms with Gasteiger partial charge in [0, 0.05) is 25.6 Å². The van der Waals surface area contributed by atoms with Crippen molar-refractivity contribution >= 4 is 17.3 Å². The maximum Gasteiger partial charge on any atom is 0.287 e. The first-order valence-electron chi connectivity index (χ1n) is 7.78. The van der Waals surface area contributed by atoms with Gasteiger partial charge in [-0.15, -0.1) is 0 Å². The number of nitrogens with zero attached hydrogens (tertiary/aromatic N) is 2. The molecule has 1 saturated heterocycles. The Morgan fingerprint density at radius 1 is 1.52 bits per heavy atom. The van der Waals surface area contributed by atoms with E-state index >= 15 is 0 Å². The Hall–Kier alpha value is -1.07.